The summed E-state index contributed by atoms with van der Waals surface area (Å²) in [5, 5.41) is 3.49. The first-order valence-electron chi connectivity index (χ1n) is 7.30. The fourth-order valence-electron chi connectivity index (χ4n) is 1.93. The SMILES string of the molecule is CN(C)C(=O)CCCOc1cccc(CNC2CC2)c1. The lowest BCUT2D eigenvalue weighted by Crippen LogP contribution is -2.21. The smallest absolute Gasteiger partial charge is 0.222 e. The summed E-state index contributed by atoms with van der Waals surface area (Å²) in [5.41, 5.74) is 1.25. The topological polar surface area (TPSA) is 41.6 Å². The number of ether oxygens (including phenoxy) is 1. The van der Waals surface area contributed by atoms with Gasteiger partial charge in [-0.2, -0.15) is 0 Å². The van der Waals surface area contributed by atoms with E-state index in [1.54, 1.807) is 19.0 Å². The van der Waals surface area contributed by atoms with E-state index in [0.717, 1.165) is 24.8 Å². The third-order valence-electron chi connectivity index (χ3n) is 3.37. The van der Waals surface area contributed by atoms with Crippen molar-refractivity contribution in [3.05, 3.63) is 29.8 Å². The minimum absolute atomic E-state index is 0.149. The largest absolute Gasteiger partial charge is 0.494 e. The molecule has 110 valence electrons. The third kappa shape index (κ3) is 5.21. The van der Waals surface area contributed by atoms with Crippen molar-refractivity contribution in [2.24, 2.45) is 0 Å². The summed E-state index contributed by atoms with van der Waals surface area (Å²) < 4.78 is 5.70. The Balaban J connectivity index is 1.69. The first-order chi connectivity index (χ1) is 9.65. The van der Waals surface area contributed by atoms with Gasteiger partial charge in [0, 0.05) is 33.1 Å². The second-order valence-corrected chi connectivity index (χ2v) is 5.54. The van der Waals surface area contributed by atoms with Crippen LogP contribution in [0, 0.1) is 0 Å². The van der Waals surface area contributed by atoms with Crippen molar-refractivity contribution in [1.29, 1.82) is 0 Å². The summed E-state index contributed by atoms with van der Waals surface area (Å²) in [6, 6.07) is 8.89. The third-order valence-corrected chi connectivity index (χ3v) is 3.37. The molecule has 0 saturated heterocycles. The molecule has 0 aliphatic heterocycles. The fraction of sp³-hybridized carbons (Fsp3) is 0.562. The Bertz CT molecular complexity index is 442. The maximum absolute atomic E-state index is 11.4. The summed E-state index contributed by atoms with van der Waals surface area (Å²) in [7, 11) is 3.55. The molecule has 0 unspecified atom stereocenters. The molecule has 4 heteroatoms. The predicted octanol–water partition coefficient (Wildman–Crippen LogP) is 2.19. The molecule has 1 aromatic carbocycles. The van der Waals surface area contributed by atoms with Gasteiger partial charge in [-0.1, -0.05) is 12.1 Å². The number of benzene rings is 1. The van der Waals surface area contributed by atoms with Crippen molar-refractivity contribution in [1.82, 2.24) is 10.2 Å². The Morgan fingerprint density at radius 1 is 1.40 bits per heavy atom. The zero-order chi connectivity index (χ0) is 14.4. The molecule has 0 atom stereocenters. The van der Waals surface area contributed by atoms with Gasteiger partial charge >= 0.3 is 0 Å². The summed E-state index contributed by atoms with van der Waals surface area (Å²) in [4.78, 5) is 13.0. The highest BCUT2D eigenvalue weighted by atomic mass is 16.5. The highest BCUT2D eigenvalue weighted by Gasteiger charge is 2.19. The fourth-order valence-corrected chi connectivity index (χ4v) is 1.93. The first kappa shape index (κ1) is 14.9. The van der Waals surface area contributed by atoms with E-state index in [2.05, 4.69) is 17.4 Å². The van der Waals surface area contributed by atoms with Crippen molar-refractivity contribution >= 4 is 5.91 Å². The molecular formula is C16H24N2O2. The molecule has 1 aromatic rings. The molecule has 1 fully saturated rings. The molecule has 4 nitrogen and oxygen atoms in total. The average Bonchev–Trinajstić information content (AvgIpc) is 3.25. The Morgan fingerprint density at radius 3 is 2.90 bits per heavy atom. The van der Waals surface area contributed by atoms with Gasteiger partial charge in [-0.15, -0.1) is 0 Å². The number of carbonyl (C=O) groups is 1. The molecule has 0 bridgehead atoms. The van der Waals surface area contributed by atoms with Gasteiger partial charge in [0.05, 0.1) is 6.61 Å². The van der Waals surface area contributed by atoms with Gasteiger partial charge in [0.2, 0.25) is 5.91 Å². The van der Waals surface area contributed by atoms with Gasteiger partial charge < -0.3 is 15.0 Å². The van der Waals surface area contributed by atoms with Gasteiger partial charge in [0.1, 0.15) is 5.75 Å². The van der Waals surface area contributed by atoms with Crippen LogP contribution in [0.4, 0.5) is 0 Å². The van der Waals surface area contributed by atoms with Crippen LogP contribution < -0.4 is 10.1 Å². The van der Waals surface area contributed by atoms with E-state index in [4.69, 9.17) is 4.74 Å². The van der Waals surface area contributed by atoms with Crippen LogP contribution in [0.15, 0.2) is 24.3 Å². The molecule has 20 heavy (non-hydrogen) atoms. The molecule has 1 aliphatic carbocycles. The van der Waals surface area contributed by atoms with Crippen LogP contribution in [0.5, 0.6) is 5.75 Å². The van der Waals surface area contributed by atoms with E-state index in [0.29, 0.717) is 13.0 Å². The highest BCUT2D eigenvalue weighted by Crippen LogP contribution is 2.20. The number of hydrogen-bond donors (Lipinski definition) is 1. The molecular weight excluding hydrogens is 252 g/mol. The number of nitrogens with one attached hydrogen (secondary N) is 1. The Kier molecular flexibility index (Phi) is 5.41. The van der Waals surface area contributed by atoms with Crippen LogP contribution in [0.2, 0.25) is 0 Å². The summed E-state index contributed by atoms with van der Waals surface area (Å²) >= 11 is 0. The standard InChI is InChI=1S/C16H24N2O2/c1-18(2)16(19)7-4-10-20-15-6-3-5-13(11-15)12-17-14-8-9-14/h3,5-6,11,14,17H,4,7-10,12H2,1-2H3. The van der Waals surface area contributed by atoms with Gasteiger partial charge in [0.25, 0.3) is 0 Å². The Morgan fingerprint density at radius 2 is 2.20 bits per heavy atom. The number of carbonyl (C=O) groups excluding carboxylic acids is 1. The van der Waals surface area contributed by atoms with Gasteiger partial charge in [-0.05, 0) is 37.0 Å². The van der Waals surface area contributed by atoms with E-state index in [9.17, 15) is 4.79 Å². The number of rotatable bonds is 8. The predicted molar refractivity (Wildman–Crippen MR) is 79.7 cm³/mol. The molecule has 0 aromatic heterocycles. The van der Waals surface area contributed by atoms with Crippen molar-refractivity contribution in [3.63, 3.8) is 0 Å². The zero-order valence-electron chi connectivity index (χ0n) is 12.4. The van der Waals surface area contributed by atoms with Crippen LogP contribution in [0.3, 0.4) is 0 Å². The zero-order valence-corrected chi connectivity index (χ0v) is 12.4. The molecule has 0 radical (unpaired) electrons. The van der Waals surface area contributed by atoms with E-state index < -0.39 is 0 Å². The maximum Gasteiger partial charge on any atom is 0.222 e. The lowest BCUT2D eigenvalue weighted by molar-refractivity contribution is -0.128. The first-order valence-corrected chi connectivity index (χ1v) is 7.30. The van der Waals surface area contributed by atoms with Crippen LogP contribution in [0.1, 0.15) is 31.2 Å². The molecule has 1 aliphatic rings. The van der Waals surface area contributed by atoms with Crippen LogP contribution in [-0.4, -0.2) is 37.6 Å². The Hall–Kier alpha value is -1.55. The second-order valence-electron chi connectivity index (χ2n) is 5.54. The van der Waals surface area contributed by atoms with Crippen molar-refractivity contribution in [2.45, 2.75) is 38.3 Å². The van der Waals surface area contributed by atoms with Crippen molar-refractivity contribution in [3.8, 4) is 5.75 Å². The summed E-state index contributed by atoms with van der Waals surface area (Å²) in [5.74, 6) is 1.04. The van der Waals surface area contributed by atoms with Crippen LogP contribution in [0.25, 0.3) is 0 Å². The van der Waals surface area contributed by atoms with Crippen LogP contribution >= 0.6 is 0 Å². The van der Waals surface area contributed by atoms with E-state index in [-0.39, 0.29) is 5.91 Å². The minimum Gasteiger partial charge on any atom is -0.494 e. The van der Waals surface area contributed by atoms with Crippen LogP contribution in [-0.2, 0) is 11.3 Å². The minimum atomic E-state index is 0.149. The lowest BCUT2D eigenvalue weighted by atomic mass is 10.2. The highest BCUT2D eigenvalue weighted by molar-refractivity contribution is 5.75. The molecule has 1 N–H and O–H groups in total. The van der Waals surface area contributed by atoms with Gasteiger partial charge in [-0.3, -0.25) is 4.79 Å². The monoisotopic (exact) mass is 276 g/mol. The maximum atomic E-state index is 11.4. The average molecular weight is 276 g/mol. The summed E-state index contributed by atoms with van der Waals surface area (Å²) in [6.07, 6.45) is 3.89. The van der Waals surface area contributed by atoms with Gasteiger partial charge in [-0.25, -0.2) is 0 Å². The summed E-state index contributed by atoms with van der Waals surface area (Å²) in [6.45, 7) is 1.49. The van der Waals surface area contributed by atoms with E-state index in [1.165, 1.54) is 18.4 Å². The Labute approximate surface area is 121 Å². The van der Waals surface area contributed by atoms with E-state index >= 15 is 0 Å². The van der Waals surface area contributed by atoms with Crippen molar-refractivity contribution < 1.29 is 9.53 Å². The quantitative estimate of drug-likeness (QED) is 0.740. The number of amides is 1. The number of hydrogen-bond acceptors (Lipinski definition) is 3. The molecule has 1 saturated carbocycles. The molecule has 0 spiro atoms. The second kappa shape index (κ2) is 7.29. The van der Waals surface area contributed by atoms with Crippen molar-refractivity contribution in [2.75, 3.05) is 20.7 Å². The molecule has 1 amide bonds. The normalized spacial score (nSPS) is 14.1. The molecule has 2 rings (SSSR count). The van der Waals surface area contributed by atoms with Gasteiger partial charge in [0.15, 0.2) is 0 Å². The number of nitrogens with zero attached hydrogens (tertiary/aromatic N) is 1. The van der Waals surface area contributed by atoms with E-state index in [1.807, 2.05) is 12.1 Å². The lowest BCUT2D eigenvalue weighted by Gasteiger charge is -2.11. The molecule has 0 heterocycles.